The first kappa shape index (κ1) is 30.2. The number of quaternary nitrogens is 1. The number of nitrogens with one attached hydrogen (secondary N) is 2. The van der Waals surface area contributed by atoms with E-state index < -0.39 is 18.0 Å². The Hall–Kier alpha value is -4.81. The van der Waals surface area contributed by atoms with E-state index in [-0.39, 0.29) is 29.3 Å². The molecule has 2 aliphatic rings. The summed E-state index contributed by atoms with van der Waals surface area (Å²) in [6.45, 7) is 4.27. The van der Waals surface area contributed by atoms with Gasteiger partial charge in [0.15, 0.2) is 5.69 Å². The highest BCUT2D eigenvalue weighted by molar-refractivity contribution is 6.00. The smallest absolute Gasteiger partial charge is 0.477 e. The second kappa shape index (κ2) is 12.7. The van der Waals surface area contributed by atoms with E-state index in [4.69, 9.17) is 14.2 Å². The number of carbonyl (C=O) groups is 2. The molecular formula is C33H37N6O6+. The van der Waals surface area contributed by atoms with Crippen molar-refractivity contribution in [3.8, 4) is 22.5 Å². The SMILES string of the molecule is CCOC1(C)Nc2cccc(C(=O)O)c2[N+]1(CCOC(=O)OC1CCCCC1)c1ccc(-c2ccccc2-c2nn[nH]n2)cc1. The van der Waals surface area contributed by atoms with Crippen LogP contribution in [0.1, 0.15) is 56.3 Å². The lowest BCUT2D eigenvalue weighted by Crippen LogP contribution is -2.64. The van der Waals surface area contributed by atoms with E-state index >= 15 is 0 Å². The number of para-hydroxylation sites is 1. The third kappa shape index (κ3) is 5.62. The number of anilines is 1. The summed E-state index contributed by atoms with van der Waals surface area (Å²) in [7, 11) is 0. The molecule has 0 radical (unpaired) electrons. The van der Waals surface area contributed by atoms with Gasteiger partial charge in [0.2, 0.25) is 5.82 Å². The van der Waals surface area contributed by atoms with Crippen molar-refractivity contribution in [1.29, 1.82) is 0 Å². The van der Waals surface area contributed by atoms with Crippen LogP contribution in [0.4, 0.5) is 21.9 Å². The van der Waals surface area contributed by atoms with E-state index in [9.17, 15) is 14.7 Å². The minimum absolute atomic E-state index is 0.0360. The highest BCUT2D eigenvalue weighted by atomic mass is 16.7. The number of fused-ring (bicyclic) bond motifs is 1. The maximum absolute atomic E-state index is 12.8. The van der Waals surface area contributed by atoms with E-state index in [1.807, 2.05) is 68.4 Å². The Balaban J connectivity index is 1.41. The quantitative estimate of drug-likeness (QED) is 0.134. The van der Waals surface area contributed by atoms with Crippen molar-refractivity contribution in [3.63, 3.8) is 0 Å². The zero-order chi connectivity index (χ0) is 31.4. The number of benzene rings is 3. The molecule has 1 aliphatic heterocycles. The Kier molecular flexibility index (Phi) is 8.50. The normalized spacial score (nSPS) is 21.1. The number of rotatable bonds is 10. The van der Waals surface area contributed by atoms with Gasteiger partial charge in [-0.15, -0.1) is 10.2 Å². The molecular weight excluding hydrogens is 576 g/mol. The second-order valence-electron chi connectivity index (χ2n) is 11.4. The summed E-state index contributed by atoms with van der Waals surface area (Å²) in [6.07, 6.45) is 4.01. The van der Waals surface area contributed by atoms with Crippen LogP contribution in [-0.2, 0) is 14.2 Å². The van der Waals surface area contributed by atoms with Crippen molar-refractivity contribution in [2.45, 2.75) is 57.9 Å². The Morgan fingerprint density at radius 1 is 1.00 bits per heavy atom. The van der Waals surface area contributed by atoms with Gasteiger partial charge in [-0.1, -0.05) is 36.8 Å². The molecule has 0 bridgehead atoms. The van der Waals surface area contributed by atoms with Gasteiger partial charge in [0, 0.05) is 24.6 Å². The van der Waals surface area contributed by atoms with E-state index in [2.05, 4.69) is 25.9 Å². The molecule has 0 saturated heterocycles. The molecule has 12 heteroatoms. The lowest BCUT2D eigenvalue weighted by molar-refractivity contribution is -0.0887. The van der Waals surface area contributed by atoms with E-state index in [1.165, 1.54) is 0 Å². The molecule has 2 heterocycles. The third-order valence-electron chi connectivity index (χ3n) is 8.76. The lowest BCUT2D eigenvalue weighted by Gasteiger charge is -2.44. The summed E-state index contributed by atoms with van der Waals surface area (Å²) in [4.78, 5) is 25.4. The molecule has 12 nitrogen and oxygen atoms in total. The number of H-pyrrole nitrogens is 1. The number of aromatic amines is 1. The summed E-state index contributed by atoms with van der Waals surface area (Å²) in [6, 6.07) is 20.7. The first-order chi connectivity index (χ1) is 21.9. The zero-order valence-corrected chi connectivity index (χ0v) is 25.4. The molecule has 234 valence electrons. The Labute approximate surface area is 260 Å². The van der Waals surface area contributed by atoms with E-state index in [1.54, 1.807) is 12.1 Å². The van der Waals surface area contributed by atoms with Crippen LogP contribution in [0, 0.1) is 0 Å². The van der Waals surface area contributed by atoms with Crippen LogP contribution in [0.3, 0.4) is 0 Å². The number of ether oxygens (including phenoxy) is 3. The first-order valence-corrected chi connectivity index (χ1v) is 15.3. The van der Waals surface area contributed by atoms with Crippen LogP contribution in [0.2, 0.25) is 0 Å². The molecule has 45 heavy (non-hydrogen) atoms. The van der Waals surface area contributed by atoms with Crippen molar-refractivity contribution in [1.82, 2.24) is 25.1 Å². The van der Waals surface area contributed by atoms with E-state index in [0.29, 0.717) is 23.8 Å². The molecule has 0 spiro atoms. The average molecular weight is 614 g/mol. The van der Waals surface area contributed by atoms with Crippen LogP contribution in [0.15, 0.2) is 66.7 Å². The van der Waals surface area contributed by atoms with Gasteiger partial charge in [-0.25, -0.2) is 14.1 Å². The number of tetrazole rings is 1. The van der Waals surface area contributed by atoms with Crippen molar-refractivity contribution in [2.75, 3.05) is 25.1 Å². The molecule has 0 amide bonds. The Morgan fingerprint density at radius 3 is 2.44 bits per heavy atom. The molecule has 2 unspecified atom stereocenters. The number of aromatic carboxylic acids is 1. The molecule has 1 aromatic heterocycles. The fraction of sp³-hybridized carbons (Fsp3) is 0.364. The predicted octanol–water partition coefficient (Wildman–Crippen LogP) is 6.49. The van der Waals surface area contributed by atoms with Gasteiger partial charge in [0.25, 0.3) is 5.85 Å². The number of hydrogen-bond donors (Lipinski definition) is 3. The van der Waals surface area contributed by atoms with Crippen LogP contribution in [0.5, 0.6) is 0 Å². The van der Waals surface area contributed by atoms with Crippen LogP contribution in [-0.4, -0.2) is 69.6 Å². The number of nitrogens with zero attached hydrogens (tertiary/aromatic N) is 4. The standard InChI is InChI=1S/C33H36N6O6/c1-3-44-33(2)34-28-15-9-14-27(31(40)41)29(28)39(33,20-21-43-32(42)45-24-10-5-4-6-11-24)23-18-16-22(17-19-23)25-12-7-8-13-26(25)30-35-37-38-36-30/h7-9,12-19,24,34H,3-6,10-11,20-21H2,1-2H3,(H-,35,36,37,38,40,41)/p+1. The van der Waals surface area contributed by atoms with Crippen molar-refractivity contribution in [3.05, 3.63) is 72.3 Å². The van der Waals surface area contributed by atoms with Crippen molar-refractivity contribution >= 4 is 29.2 Å². The molecule has 1 saturated carbocycles. The number of carboxylic acid groups (broad SMARTS) is 1. The largest absolute Gasteiger partial charge is 0.508 e. The van der Waals surface area contributed by atoms with Crippen molar-refractivity contribution in [2.24, 2.45) is 0 Å². The minimum atomic E-state index is -1.14. The summed E-state index contributed by atoms with van der Waals surface area (Å²) in [5.41, 5.74) is 4.64. The molecule has 1 aliphatic carbocycles. The zero-order valence-electron chi connectivity index (χ0n) is 25.4. The van der Waals surface area contributed by atoms with Crippen LogP contribution >= 0.6 is 0 Å². The monoisotopic (exact) mass is 613 g/mol. The topological polar surface area (TPSA) is 149 Å². The van der Waals surface area contributed by atoms with Gasteiger partial charge >= 0.3 is 12.1 Å². The van der Waals surface area contributed by atoms with Gasteiger partial charge in [0.05, 0.1) is 6.61 Å². The number of hydrogen-bond acceptors (Lipinski definition) is 9. The second-order valence-corrected chi connectivity index (χ2v) is 11.4. The molecule has 1 fully saturated rings. The maximum Gasteiger partial charge on any atom is 0.508 e. The number of aromatic nitrogens is 4. The molecule has 6 rings (SSSR count). The predicted molar refractivity (Wildman–Crippen MR) is 168 cm³/mol. The number of carboxylic acids is 1. The summed E-state index contributed by atoms with van der Waals surface area (Å²) in [5.74, 6) is -1.73. The van der Waals surface area contributed by atoms with Gasteiger partial charge in [-0.3, -0.25) is 0 Å². The van der Waals surface area contributed by atoms with Crippen molar-refractivity contribution < 1.29 is 28.9 Å². The highest BCUT2D eigenvalue weighted by Crippen LogP contribution is 2.54. The Bertz CT molecular complexity index is 1660. The first-order valence-electron chi connectivity index (χ1n) is 15.3. The number of carbonyl (C=O) groups excluding carboxylic acids is 1. The highest BCUT2D eigenvalue weighted by Gasteiger charge is 2.60. The van der Waals surface area contributed by atoms with Gasteiger partial charge in [-0.2, -0.15) is 5.21 Å². The lowest BCUT2D eigenvalue weighted by atomic mass is 9.98. The van der Waals surface area contributed by atoms with Gasteiger partial charge in [0.1, 0.15) is 36.2 Å². The Morgan fingerprint density at radius 2 is 1.76 bits per heavy atom. The minimum Gasteiger partial charge on any atom is -0.477 e. The van der Waals surface area contributed by atoms with Gasteiger partial charge < -0.3 is 24.6 Å². The summed E-state index contributed by atoms with van der Waals surface area (Å²) in [5, 5.41) is 28.3. The van der Waals surface area contributed by atoms with Crippen LogP contribution in [0.25, 0.3) is 22.5 Å². The molecule has 4 aromatic rings. The fourth-order valence-corrected chi connectivity index (χ4v) is 6.76. The molecule has 3 aromatic carbocycles. The van der Waals surface area contributed by atoms with Gasteiger partial charge in [-0.05, 0) is 73.2 Å². The molecule has 2 atom stereocenters. The fourth-order valence-electron chi connectivity index (χ4n) is 6.76. The molecule has 3 N–H and O–H groups in total. The van der Waals surface area contributed by atoms with Crippen LogP contribution < -0.4 is 9.80 Å². The summed E-state index contributed by atoms with van der Waals surface area (Å²) < 4.78 is 17.6. The third-order valence-corrected chi connectivity index (χ3v) is 8.76. The summed E-state index contributed by atoms with van der Waals surface area (Å²) >= 11 is 0. The van der Waals surface area contributed by atoms with E-state index in [0.717, 1.165) is 54.5 Å². The average Bonchev–Trinajstić information content (AvgIpc) is 3.67. The maximum atomic E-state index is 12.8.